The van der Waals surface area contributed by atoms with Gasteiger partial charge in [-0.25, -0.2) is 0 Å². The van der Waals surface area contributed by atoms with Gasteiger partial charge in [-0.15, -0.1) is 11.8 Å². The topological polar surface area (TPSA) is 655 Å². The minimum absolute atomic E-state index is 0.00483. The molecule has 4 saturated heterocycles. The summed E-state index contributed by atoms with van der Waals surface area (Å²) in [5.74, 6) is -19.9. The van der Waals surface area contributed by atoms with Crippen LogP contribution in [0.15, 0.2) is 85.2 Å². The number of phenols is 1. The third kappa shape index (κ3) is 27.9. The van der Waals surface area contributed by atoms with E-state index in [4.69, 9.17) is 17.2 Å². The fourth-order valence-electron chi connectivity index (χ4n) is 16.8. The number of aliphatic hydroxyl groups excluding tert-OH is 2. The Kier molecular flexibility index (Phi) is 38.5. The van der Waals surface area contributed by atoms with E-state index in [0.29, 0.717) is 77.0 Å². The fraction of sp³-hybridized carbons (Fsp3) is 0.545. The average molecular weight is 1860 g/mol. The second-order valence-electron chi connectivity index (χ2n) is 33.5. The van der Waals surface area contributed by atoms with Crippen LogP contribution in [0.1, 0.15) is 140 Å². The highest BCUT2D eigenvalue weighted by Crippen LogP contribution is 2.29. The summed E-state index contributed by atoms with van der Waals surface area (Å²) in [6.45, 7) is 0.189. The van der Waals surface area contributed by atoms with Crippen molar-refractivity contribution in [3.05, 3.63) is 102 Å². The standard InChI is InChI=1S/C88H122N20O23S/c1-5-7-22-66-80(123)96-57(21-15-32-89)76(119)103-65(75(118)94-43-71(91)112)46-132-47-72(113)95-60(35-48-26-28-51(110)29-27-48)86(129)106-33-14-13-24-67(106)81(124)100-62(39-74(116)117)87(130)107-34-16-25-68(107)82(125)101-63(40-90)78(121)97-58(30-31-73(114)115)85(128)108-44-52(111)38-70(108)83(126)98-59(36-49-41-92-55-19-11-9-17-53(49)55)77(120)102-64(45-109)79(122)99-61(37-50-42-93-56-20-12-10-18-54(50)56)84(127)105(4)69(23-8-6-2)88(131)104(66)3/h9-12,17-20,26-29,41-42,52,57-70,92-93,109-111H,5-8,13-16,21-25,30-40,43-47,89-90H2,1-4H3,(H2,91,112)(H,94,118)(H,95,113)(H,96,123)(H,97,121)(H,98,126)(H,99,122)(H,100,124)(H,101,125)(H,102,120)(H,103,119)(H,114,115)(H,116,117)/t52-,57+,58+,59+,60+,61+,62+,63+,64+,65+,66+,67?,68+,69+,70+/m1/s1. The van der Waals surface area contributed by atoms with E-state index in [0.717, 1.165) is 36.3 Å². The van der Waals surface area contributed by atoms with Crippen LogP contribution in [0.25, 0.3) is 21.8 Å². The Morgan fingerprint density at radius 1 is 0.500 bits per heavy atom. The Labute approximate surface area is 765 Å². The Morgan fingerprint density at radius 2 is 1.01 bits per heavy atom. The van der Waals surface area contributed by atoms with Crippen molar-refractivity contribution in [2.75, 3.05) is 71.5 Å². The Balaban J connectivity index is 1.09. The van der Waals surface area contributed by atoms with Crippen molar-refractivity contribution in [2.24, 2.45) is 17.2 Å². The Hall–Kier alpha value is -12.8. The van der Waals surface area contributed by atoms with Gasteiger partial charge >= 0.3 is 11.9 Å². The number of fused-ring (bicyclic) bond motifs is 5. The number of aliphatic carboxylic acids is 2. The zero-order valence-electron chi connectivity index (χ0n) is 74.2. The summed E-state index contributed by atoms with van der Waals surface area (Å²) in [6.07, 6.45) is -0.0467. The first-order chi connectivity index (χ1) is 63.1. The number of carboxylic acids is 2. The number of H-pyrrole nitrogens is 2. The van der Waals surface area contributed by atoms with Crippen LogP contribution >= 0.6 is 11.8 Å². The number of nitrogens with two attached hydrogens (primary N) is 3. The lowest BCUT2D eigenvalue weighted by Gasteiger charge is -2.38. The van der Waals surface area contributed by atoms with Gasteiger partial charge in [-0.05, 0) is 112 Å². The van der Waals surface area contributed by atoms with Gasteiger partial charge in [0, 0.05) is 112 Å². The number of para-hydroxylation sites is 2. The summed E-state index contributed by atoms with van der Waals surface area (Å²) in [5, 5.41) is 79.8. The van der Waals surface area contributed by atoms with Crippen molar-refractivity contribution in [2.45, 2.75) is 233 Å². The molecule has 718 valence electrons. The minimum Gasteiger partial charge on any atom is -0.508 e. The van der Waals surface area contributed by atoms with Gasteiger partial charge in [0.15, 0.2) is 0 Å². The van der Waals surface area contributed by atoms with E-state index in [2.05, 4.69) is 63.1 Å². The lowest BCUT2D eigenvalue weighted by atomic mass is 9.97. The molecule has 6 heterocycles. The van der Waals surface area contributed by atoms with Crippen LogP contribution in [-0.2, 0) is 106 Å². The largest absolute Gasteiger partial charge is 0.508 e. The Bertz CT molecular complexity index is 4980. The number of thioether (sulfide) groups is 1. The molecule has 0 spiro atoms. The summed E-state index contributed by atoms with van der Waals surface area (Å²) < 4.78 is 0. The third-order valence-corrected chi connectivity index (χ3v) is 25.0. The number of aliphatic hydroxyl groups is 2. The summed E-state index contributed by atoms with van der Waals surface area (Å²) in [6, 6.07) is -3.24. The van der Waals surface area contributed by atoms with E-state index in [1.807, 2.05) is 13.8 Å². The van der Waals surface area contributed by atoms with Crippen molar-refractivity contribution in [1.29, 1.82) is 0 Å². The molecule has 0 radical (unpaired) electrons. The number of hydrogen-bond acceptors (Lipinski definition) is 24. The number of carbonyl (C=O) groups is 18. The zero-order chi connectivity index (χ0) is 96.2. The number of nitrogens with one attached hydrogen (secondary N) is 12. The number of carbonyl (C=O) groups excluding carboxylic acids is 16. The minimum atomic E-state index is -1.93. The maximum Gasteiger partial charge on any atom is 0.305 e. The summed E-state index contributed by atoms with van der Waals surface area (Å²) in [7, 11) is 2.67. The second kappa shape index (κ2) is 49.4. The molecule has 9 rings (SSSR count). The summed E-state index contributed by atoms with van der Waals surface area (Å²) in [4.78, 5) is 272. The summed E-state index contributed by atoms with van der Waals surface area (Å²) in [5.41, 5.74) is 20.1. The first-order valence-electron chi connectivity index (χ1n) is 44.4. The number of phenolic OH excluding ortho intramolecular Hbond substituents is 1. The third-order valence-electron chi connectivity index (χ3n) is 24.0. The normalized spacial score (nSPS) is 25.5. The van der Waals surface area contributed by atoms with Gasteiger partial charge < -0.3 is 130 Å². The number of amides is 16. The molecule has 2 aromatic heterocycles. The molecule has 5 aromatic rings. The van der Waals surface area contributed by atoms with Crippen molar-refractivity contribution >= 4 is 140 Å². The highest BCUT2D eigenvalue weighted by atomic mass is 32.2. The first-order valence-corrected chi connectivity index (χ1v) is 45.6. The molecular weight excluding hydrogens is 1740 g/mol. The van der Waals surface area contributed by atoms with Gasteiger partial charge in [0.05, 0.1) is 31.4 Å². The maximum absolute atomic E-state index is 15.7. The number of aromatic nitrogens is 2. The number of aromatic hydroxyl groups is 1. The first kappa shape index (κ1) is 103. The van der Waals surface area contributed by atoms with Crippen LogP contribution in [0.4, 0.5) is 0 Å². The van der Waals surface area contributed by atoms with Crippen LogP contribution < -0.4 is 70.4 Å². The van der Waals surface area contributed by atoms with Crippen LogP contribution in [0, 0.1) is 0 Å². The highest BCUT2D eigenvalue weighted by Gasteiger charge is 2.47. The number of primary amides is 1. The molecule has 43 nitrogen and oxygen atoms in total. The molecule has 44 heteroatoms. The predicted molar refractivity (Wildman–Crippen MR) is 479 cm³/mol. The van der Waals surface area contributed by atoms with Crippen molar-refractivity contribution in [3.8, 4) is 5.75 Å². The smallest absolute Gasteiger partial charge is 0.305 e. The number of unbranched alkanes of at least 4 members (excludes halogenated alkanes) is 2. The van der Waals surface area contributed by atoms with E-state index in [1.54, 1.807) is 60.9 Å². The van der Waals surface area contributed by atoms with Crippen LogP contribution in [-0.4, -0.2) is 329 Å². The highest BCUT2D eigenvalue weighted by molar-refractivity contribution is 8.00. The quantitative estimate of drug-likeness (QED) is 0.0269. The van der Waals surface area contributed by atoms with Gasteiger partial charge in [0.2, 0.25) is 94.5 Å². The Morgan fingerprint density at radius 3 is 1.61 bits per heavy atom. The molecule has 3 aromatic carbocycles. The number of rotatable bonds is 25. The molecule has 4 aliphatic heterocycles. The van der Waals surface area contributed by atoms with E-state index < -0.39 is 261 Å². The summed E-state index contributed by atoms with van der Waals surface area (Å²) >= 11 is 0.775. The van der Waals surface area contributed by atoms with Crippen LogP contribution in [0.3, 0.4) is 0 Å². The molecule has 16 amide bonds. The number of nitrogens with zero attached hydrogens (tertiary/aromatic N) is 5. The molecule has 0 bridgehead atoms. The molecule has 4 fully saturated rings. The van der Waals surface area contributed by atoms with Gasteiger partial charge in [-0.1, -0.05) is 88.1 Å². The van der Waals surface area contributed by atoms with E-state index >= 15 is 38.4 Å². The number of aromatic amines is 2. The van der Waals surface area contributed by atoms with E-state index in [1.165, 1.54) is 38.4 Å². The van der Waals surface area contributed by atoms with Gasteiger partial charge in [-0.3, -0.25) is 86.3 Å². The van der Waals surface area contributed by atoms with E-state index in [9.17, 15) is 73.5 Å². The molecule has 0 aliphatic carbocycles. The van der Waals surface area contributed by atoms with Crippen molar-refractivity contribution in [1.82, 2.24) is 87.6 Å². The number of hydrogen-bond donors (Lipinski definition) is 20. The van der Waals surface area contributed by atoms with Crippen molar-refractivity contribution in [3.63, 3.8) is 0 Å². The number of carboxylic acid groups (broad SMARTS) is 2. The van der Waals surface area contributed by atoms with Gasteiger partial charge in [0.25, 0.3) is 0 Å². The molecule has 132 heavy (non-hydrogen) atoms. The lowest BCUT2D eigenvalue weighted by molar-refractivity contribution is -0.149. The zero-order valence-corrected chi connectivity index (χ0v) is 75.0. The van der Waals surface area contributed by atoms with E-state index in [-0.39, 0.29) is 89.6 Å². The number of likely N-dealkylation sites (N-methyl/N-ethyl adjacent to an activating group) is 2. The van der Waals surface area contributed by atoms with Gasteiger partial charge in [-0.2, -0.15) is 0 Å². The molecule has 23 N–H and O–H groups in total. The molecule has 0 saturated carbocycles. The molecule has 15 atom stereocenters. The second-order valence-corrected chi connectivity index (χ2v) is 34.6. The monoisotopic (exact) mass is 1860 g/mol. The SMILES string of the molecule is CCCC[C@H]1C(=O)N(C)[C@@H](CCCC)C(=O)N[C@@H](CCCN)C(=O)N[C@H](C(=O)NCC(N)=O)CSCC(=O)N[C@@H](Cc2ccc(O)cc2)C(=O)N2CCCCC2C(=O)N[C@@H](CC(=O)O)C(=O)N2CCC[C@H]2C(=O)N[C@@H](CN)C(=O)N[C@@H](CCC(=O)O)C(=O)N2C[C@H](O)C[C@H]2C(=O)N[C@@H](Cc2c[nH]c3ccccc23)C(=O)N[C@@H](CO)C(=O)N[C@@H](Cc2c[nH]c3ccccc23)C(=O)N1C. The maximum atomic E-state index is 15.7. The predicted octanol–water partition coefficient (Wildman–Crippen LogP) is -3.51. The molecule has 1 unspecified atom stereocenters. The van der Waals surface area contributed by atoms with Crippen LogP contribution in [0.5, 0.6) is 5.75 Å². The lowest BCUT2D eigenvalue weighted by Crippen LogP contribution is -2.62. The van der Waals surface area contributed by atoms with Crippen LogP contribution in [0.2, 0.25) is 0 Å². The fourth-order valence-corrected chi connectivity index (χ4v) is 17.7. The van der Waals surface area contributed by atoms with Crippen molar-refractivity contribution < 1.29 is 112 Å². The van der Waals surface area contributed by atoms with Gasteiger partial charge in [0.1, 0.15) is 90.3 Å². The molecular formula is C88H122N20O23S. The molecule has 4 aliphatic rings. The number of piperidine rings is 1. The average Bonchev–Trinajstić information content (AvgIpc) is 1.09. The number of benzene rings is 3.